The Hall–Kier alpha value is -3.22. The van der Waals surface area contributed by atoms with Gasteiger partial charge >= 0.3 is 12.6 Å². The van der Waals surface area contributed by atoms with Crippen LogP contribution in [0.1, 0.15) is 36.4 Å². The average Bonchev–Trinajstić information content (AvgIpc) is 3.24. The first kappa shape index (κ1) is 21.5. The maximum Gasteiger partial charge on any atom is 0.387 e. The second-order valence-electron chi connectivity index (χ2n) is 6.99. The van der Waals surface area contributed by atoms with E-state index in [0.717, 1.165) is 18.4 Å². The van der Waals surface area contributed by atoms with E-state index in [9.17, 15) is 18.4 Å². The third-order valence-corrected chi connectivity index (χ3v) is 4.78. The van der Waals surface area contributed by atoms with Crippen LogP contribution in [0, 0.1) is 5.92 Å². The summed E-state index contributed by atoms with van der Waals surface area (Å²) in [6.07, 6.45) is 6.17. The van der Waals surface area contributed by atoms with Gasteiger partial charge in [0, 0.05) is 0 Å². The number of hydrogen-bond donors (Lipinski definition) is 1. The number of carbonyl (C=O) groups is 2. The van der Waals surface area contributed by atoms with Crippen LogP contribution in [-0.2, 0) is 14.3 Å². The van der Waals surface area contributed by atoms with E-state index in [0.29, 0.717) is 5.56 Å². The lowest BCUT2D eigenvalue weighted by atomic mass is 9.98. The van der Waals surface area contributed by atoms with Crippen molar-refractivity contribution >= 4 is 11.9 Å². The average molecular weight is 415 g/mol. The number of amides is 1. The molecule has 0 heterocycles. The van der Waals surface area contributed by atoms with E-state index in [2.05, 4.69) is 10.1 Å². The highest BCUT2D eigenvalue weighted by molar-refractivity contribution is 5.81. The summed E-state index contributed by atoms with van der Waals surface area (Å²) >= 11 is 0. The highest BCUT2D eigenvalue weighted by Gasteiger charge is 2.20. The summed E-state index contributed by atoms with van der Waals surface area (Å²) in [4.78, 5) is 24.4. The summed E-state index contributed by atoms with van der Waals surface area (Å²) in [7, 11) is 0. The first-order valence-electron chi connectivity index (χ1n) is 9.72. The minimum absolute atomic E-state index is 0.0294. The van der Waals surface area contributed by atoms with E-state index in [1.54, 1.807) is 12.1 Å². The van der Waals surface area contributed by atoms with E-state index in [-0.39, 0.29) is 24.7 Å². The summed E-state index contributed by atoms with van der Waals surface area (Å²) in [6.45, 7) is -3.29. The smallest absolute Gasteiger partial charge is 0.387 e. The minimum atomic E-state index is -2.91. The van der Waals surface area contributed by atoms with Crippen LogP contribution in [0.5, 0.6) is 5.75 Å². The van der Waals surface area contributed by atoms with Crippen molar-refractivity contribution < 1.29 is 27.8 Å². The van der Waals surface area contributed by atoms with Crippen LogP contribution in [0.2, 0.25) is 0 Å². The minimum Gasteiger partial charge on any atom is -0.456 e. The Kier molecular flexibility index (Phi) is 7.54. The van der Waals surface area contributed by atoms with Crippen molar-refractivity contribution in [1.82, 2.24) is 5.32 Å². The van der Waals surface area contributed by atoms with Gasteiger partial charge in [-0.05, 0) is 42.0 Å². The molecule has 0 fully saturated rings. The number of alkyl halides is 2. The van der Waals surface area contributed by atoms with Crippen LogP contribution in [0.4, 0.5) is 8.78 Å². The zero-order valence-corrected chi connectivity index (χ0v) is 16.3. The molecule has 158 valence electrons. The molecule has 0 saturated heterocycles. The molecule has 5 nitrogen and oxygen atoms in total. The Balaban J connectivity index is 1.63. The van der Waals surface area contributed by atoms with Gasteiger partial charge in [-0.1, -0.05) is 54.6 Å². The van der Waals surface area contributed by atoms with Crippen LogP contribution in [0.15, 0.2) is 66.7 Å². The fraction of sp³-hybridized carbons (Fsp3) is 0.304. The van der Waals surface area contributed by atoms with Crippen molar-refractivity contribution in [2.45, 2.75) is 31.9 Å². The van der Waals surface area contributed by atoms with Crippen LogP contribution >= 0.6 is 0 Å². The first-order valence-corrected chi connectivity index (χ1v) is 9.72. The molecule has 0 spiro atoms. The summed E-state index contributed by atoms with van der Waals surface area (Å²) in [5.41, 5.74) is 1.48. The molecule has 1 aliphatic carbocycles. The standard InChI is InChI=1S/C23H23F2NO4/c24-23(25)30-19-12-10-18(11-13-19)22(17-8-2-1-3-9-17)26-20(27)15-29-21(28)14-16-6-4-5-7-16/h1-4,6,8-13,16,22-23H,5,7,14-15H2,(H,26,27)/t16-,22+/m0/s1. The summed E-state index contributed by atoms with van der Waals surface area (Å²) < 4.78 is 34.2. The summed E-state index contributed by atoms with van der Waals surface area (Å²) in [6, 6.07) is 14.7. The maximum atomic E-state index is 12.4. The van der Waals surface area contributed by atoms with Gasteiger partial charge in [0.2, 0.25) is 0 Å². The molecule has 0 aromatic heterocycles. The largest absolute Gasteiger partial charge is 0.456 e. The van der Waals surface area contributed by atoms with E-state index in [1.807, 2.05) is 42.5 Å². The SMILES string of the molecule is O=C(COC(=O)C[C@H]1C=CCC1)N[C@H](c1ccccc1)c1ccc(OC(F)F)cc1. The number of hydrogen-bond acceptors (Lipinski definition) is 4. The molecule has 0 bridgehead atoms. The van der Waals surface area contributed by atoms with Crippen LogP contribution in [0.25, 0.3) is 0 Å². The molecule has 1 N–H and O–H groups in total. The number of halogens is 2. The molecule has 0 aliphatic heterocycles. The molecule has 2 aromatic carbocycles. The third-order valence-electron chi connectivity index (χ3n) is 4.78. The quantitative estimate of drug-likeness (QED) is 0.487. The van der Waals surface area contributed by atoms with Gasteiger partial charge in [0.05, 0.1) is 12.5 Å². The predicted molar refractivity (Wildman–Crippen MR) is 107 cm³/mol. The van der Waals surface area contributed by atoms with E-state index >= 15 is 0 Å². The molecule has 0 radical (unpaired) electrons. The zero-order valence-electron chi connectivity index (χ0n) is 16.3. The normalized spacial score (nSPS) is 16.3. The van der Waals surface area contributed by atoms with Crippen molar-refractivity contribution in [1.29, 1.82) is 0 Å². The van der Waals surface area contributed by atoms with Gasteiger partial charge in [0.25, 0.3) is 5.91 Å². The van der Waals surface area contributed by atoms with Gasteiger partial charge in [-0.3, -0.25) is 9.59 Å². The molecular weight excluding hydrogens is 392 g/mol. The maximum absolute atomic E-state index is 12.4. The zero-order chi connectivity index (χ0) is 21.3. The number of esters is 1. The third kappa shape index (κ3) is 6.40. The first-order chi connectivity index (χ1) is 14.5. The van der Waals surface area contributed by atoms with E-state index in [1.165, 1.54) is 12.1 Å². The monoisotopic (exact) mass is 415 g/mol. The number of carbonyl (C=O) groups excluding carboxylic acids is 2. The lowest BCUT2D eigenvalue weighted by Crippen LogP contribution is -2.33. The van der Waals surface area contributed by atoms with Crippen molar-refractivity contribution in [3.8, 4) is 5.75 Å². The fourth-order valence-corrected chi connectivity index (χ4v) is 3.33. The van der Waals surface area contributed by atoms with Gasteiger partial charge in [-0.2, -0.15) is 8.78 Å². The predicted octanol–water partition coefficient (Wildman–Crippen LogP) is 4.39. The highest BCUT2D eigenvalue weighted by Crippen LogP contribution is 2.25. The van der Waals surface area contributed by atoms with Gasteiger partial charge in [0.15, 0.2) is 6.61 Å². The second kappa shape index (κ2) is 10.5. The molecule has 2 atom stereocenters. The number of allylic oxidation sites excluding steroid dienone is 2. The second-order valence-corrected chi connectivity index (χ2v) is 6.99. The van der Waals surface area contributed by atoms with Crippen LogP contribution < -0.4 is 10.1 Å². The van der Waals surface area contributed by atoms with Crippen molar-refractivity contribution in [3.05, 3.63) is 77.9 Å². The fourth-order valence-electron chi connectivity index (χ4n) is 3.33. The molecule has 3 rings (SSSR count). The number of ether oxygens (including phenoxy) is 2. The Bertz CT molecular complexity index is 869. The molecular formula is C23H23F2NO4. The van der Waals surface area contributed by atoms with E-state index < -0.39 is 24.5 Å². The van der Waals surface area contributed by atoms with Crippen molar-refractivity contribution in [2.24, 2.45) is 5.92 Å². The molecule has 7 heteroatoms. The van der Waals surface area contributed by atoms with Crippen LogP contribution in [0.3, 0.4) is 0 Å². The van der Waals surface area contributed by atoms with Crippen LogP contribution in [-0.4, -0.2) is 25.1 Å². The molecule has 0 unspecified atom stereocenters. The number of rotatable bonds is 9. The van der Waals surface area contributed by atoms with E-state index in [4.69, 9.17) is 4.74 Å². The number of nitrogens with one attached hydrogen (secondary N) is 1. The molecule has 30 heavy (non-hydrogen) atoms. The Morgan fingerprint density at radius 2 is 1.73 bits per heavy atom. The van der Waals surface area contributed by atoms with Crippen molar-refractivity contribution in [3.63, 3.8) is 0 Å². The van der Waals surface area contributed by atoms with Gasteiger partial charge in [-0.15, -0.1) is 0 Å². The Morgan fingerprint density at radius 3 is 2.37 bits per heavy atom. The summed E-state index contributed by atoms with van der Waals surface area (Å²) in [5, 5.41) is 2.84. The summed E-state index contributed by atoms with van der Waals surface area (Å²) in [5.74, 6) is -0.660. The highest BCUT2D eigenvalue weighted by atomic mass is 19.3. The van der Waals surface area contributed by atoms with Gasteiger partial charge in [0.1, 0.15) is 5.75 Å². The number of benzene rings is 2. The van der Waals surface area contributed by atoms with Crippen molar-refractivity contribution in [2.75, 3.05) is 6.61 Å². The van der Waals surface area contributed by atoms with Gasteiger partial charge in [-0.25, -0.2) is 0 Å². The topological polar surface area (TPSA) is 64.6 Å². The molecule has 1 aliphatic rings. The van der Waals surface area contributed by atoms with Gasteiger partial charge < -0.3 is 14.8 Å². The molecule has 1 amide bonds. The Labute approximate surface area is 173 Å². The lowest BCUT2D eigenvalue weighted by molar-refractivity contribution is -0.149. The Morgan fingerprint density at radius 1 is 1.03 bits per heavy atom. The molecule has 2 aromatic rings. The lowest BCUT2D eigenvalue weighted by Gasteiger charge is -2.20. The molecule has 0 saturated carbocycles.